The molecule has 1 amide bonds. The third kappa shape index (κ3) is 4.30. The van der Waals surface area contributed by atoms with E-state index in [1.54, 1.807) is 6.20 Å². The molecule has 0 saturated carbocycles. The second kappa shape index (κ2) is 8.45. The van der Waals surface area contributed by atoms with E-state index in [9.17, 15) is 4.79 Å². The molecule has 2 aromatic heterocycles. The lowest BCUT2D eigenvalue weighted by Crippen LogP contribution is -2.43. The van der Waals surface area contributed by atoms with Crippen LogP contribution in [0, 0.1) is 0 Å². The van der Waals surface area contributed by atoms with Gasteiger partial charge in [-0.25, -0.2) is 0 Å². The molecule has 0 aliphatic carbocycles. The molecule has 0 spiro atoms. The zero-order chi connectivity index (χ0) is 18.5. The average Bonchev–Trinajstić information content (AvgIpc) is 3.11. The molecule has 140 valence electrons. The average molecular weight is 356 g/mol. The summed E-state index contributed by atoms with van der Waals surface area (Å²) in [6, 6.07) is 7.75. The van der Waals surface area contributed by atoms with Gasteiger partial charge >= 0.3 is 0 Å². The van der Waals surface area contributed by atoms with E-state index in [0.29, 0.717) is 31.3 Å². The number of piperidine rings is 1. The second-order valence-corrected chi connectivity index (χ2v) is 7.07. The maximum atomic E-state index is 13.0. The Hall–Kier alpha value is -2.21. The fraction of sp³-hybridized carbons (Fsp3) is 0.550. The first-order chi connectivity index (χ1) is 12.6. The molecule has 0 bridgehead atoms. The SMILES string of the molecule is CCn1nc(C(C)C)cc1C(=O)N1CCCC(OCc2ccccn2)C1. The summed E-state index contributed by atoms with van der Waals surface area (Å²) in [6.07, 6.45) is 3.75. The molecule has 3 rings (SSSR count). The number of ether oxygens (including phenoxy) is 1. The van der Waals surface area contributed by atoms with Crippen LogP contribution in [-0.4, -0.2) is 44.8 Å². The Balaban J connectivity index is 1.64. The maximum Gasteiger partial charge on any atom is 0.272 e. The summed E-state index contributed by atoms with van der Waals surface area (Å²) in [5.41, 5.74) is 2.57. The minimum Gasteiger partial charge on any atom is -0.370 e. The summed E-state index contributed by atoms with van der Waals surface area (Å²) in [5, 5.41) is 4.57. The van der Waals surface area contributed by atoms with Gasteiger partial charge in [0.2, 0.25) is 0 Å². The van der Waals surface area contributed by atoms with Crippen LogP contribution in [0.2, 0.25) is 0 Å². The van der Waals surface area contributed by atoms with E-state index in [-0.39, 0.29) is 12.0 Å². The Labute approximate surface area is 155 Å². The zero-order valence-corrected chi connectivity index (χ0v) is 15.9. The fourth-order valence-corrected chi connectivity index (χ4v) is 3.24. The molecule has 3 heterocycles. The molecule has 2 aromatic rings. The van der Waals surface area contributed by atoms with E-state index in [1.165, 1.54) is 0 Å². The predicted molar refractivity (Wildman–Crippen MR) is 99.9 cm³/mol. The molecule has 1 aliphatic heterocycles. The lowest BCUT2D eigenvalue weighted by molar-refractivity contribution is -0.00817. The molecular formula is C20H28N4O2. The Kier molecular flexibility index (Phi) is 6.04. The lowest BCUT2D eigenvalue weighted by Gasteiger charge is -2.32. The minimum atomic E-state index is 0.0530. The third-order valence-electron chi connectivity index (χ3n) is 4.77. The highest BCUT2D eigenvalue weighted by molar-refractivity contribution is 5.92. The van der Waals surface area contributed by atoms with Crippen molar-refractivity contribution >= 4 is 5.91 Å². The van der Waals surface area contributed by atoms with Crippen LogP contribution >= 0.6 is 0 Å². The topological polar surface area (TPSA) is 60.2 Å². The van der Waals surface area contributed by atoms with Gasteiger partial charge in [0.15, 0.2) is 0 Å². The van der Waals surface area contributed by atoms with Crippen LogP contribution in [0.4, 0.5) is 0 Å². The Morgan fingerprint density at radius 2 is 2.23 bits per heavy atom. The summed E-state index contributed by atoms with van der Waals surface area (Å²) >= 11 is 0. The Morgan fingerprint density at radius 1 is 1.38 bits per heavy atom. The predicted octanol–water partition coefficient (Wildman–Crippen LogP) is 3.24. The number of carbonyl (C=O) groups excluding carboxylic acids is 1. The molecule has 6 nitrogen and oxygen atoms in total. The summed E-state index contributed by atoms with van der Waals surface area (Å²) < 4.78 is 7.82. The largest absolute Gasteiger partial charge is 0.370 e. The Morgan fingerprint density at radius 3 is 2.92 bits per heavy atom. The molecule has 1 atom stereocenters. The normalized spacial score (nSPS) is 17.7. The van der Waals surface area contributed by atoms with Gasteiger partial charge in [0.1, 0.15) is 5.69 Å². The molecule has 1 saturated heterocycles. The second-order valence-electron chi connectivity index (χ2n) is 7.07. The van der Waals surface area contributed by atoms with E-state index in [4.69, 9.17) is 4.74 Å². The highest BCUT2D eigenvalue weighted by Gasteiger charge is 2.27. The van der Waals surface area contributed by atoms with Crippen LogP contribution in [0.15, 0.2) is 30.5 Å². The van der Waals surface area contributed by atoms with Crippen LogP contribution in [0.1, 0.15) is 61.4 Å². The van der Waals surface area contributed by atoms with Crippen molar-refractivity contribution in [3.8, 4) is 0 Å². The fourth-order valence-electron chi connectivity index (χ4n) is 3.24. The highest BCUT2D eigenvalue weighted by atomic mass is 16.5. The maximum absolute atomic E-state index is 13.0. The van der Waals surface area contributed by atoms with Gasteiger partial charge in [0.25, 0.3) is 5.91 Å². The smallest absolute Gasteiger partial charge is 0.272 e. The van der Waals surface area contributed by atoms with E-state index >= 15 is 0 Å². The van der Waals surface area contributed by atoms with E-state index in [1.807, 2.05) is 40.8 Å². The first kappa shape index (κ1) is 18.6. The zero-order valence-electron chi connectivity index (χ0n) is 15.9. The lowest BCUT2D eigenvalue weighted by atomic mass is 10.1. The van der Waals surface area contributed by atoms with E-state index in [2.05, 4.69) is 23.9 Å². The molecule has 1 unspecified atom stereocenters. The van der Waals surface area contributed by atoms with Gasteiger partial charge in [-0.05, 0) is 43.9 Å². The van der Waals surface area contributed by atoms with Crippen molar-refractivity contribution in [3.63, 3.8) is 0 Å². The molecule has 0 N–H and O–H groups in total. The van der Waals surface area contributed by atoms with Crippen molar-refractivity contribution in [2.45, 2.75) is 58.8 Å². The van der Waals surface area contributed by atoms with Gasteiger partial charge in [-0.3, -0.25) is 14.5 Å². The van der Waals surface area contributed by atoms with Gasteiger partial charge < -0.3 is 9.64 Å². The first-order valence-electron chi connectivity index (χ1n) is 9.47. The molecule has 1 aliphatic rings. The number of aryl methyl sites for hydroxylation is 1. The van der Waals surface area contributed by atoms with Crippen molar-refractivity contribution in [1.29, 1.82) is 0 Å². The van der Waals surface area contributed by atoms with Crippen LogP contribution in [0.5, 0.6) is 0 Å². The van der Waals surface area contributed by atoms with Crippen LogP contribution in [0.25, 0.3) is 0 Å². The number of hydrogen-bond acceptors (Lipinski definition) is 4. The van der Waals surface area contributed by atoms with Gasteiger partial charge in [0, 0.05) is 25.8 Å². The van der Waals surface area contributed by atoms with Crippen molar-refractivity contribution in [3.05, 3.63) is 47.5 Å². The number of rotatable bonds is 6. The summed E-state index contributed by atoms with van der Waals surface area (Å²) in [7, 11) is 0. The number of likely N-dealkylation sites (tertiary alicyclic amines) is 1. The van der Waals surface area contributed by atoms with Crippen LogP contribution in [0.3, 0.4) is 0 Å². The molecule has 1 fully saturated rings. The van der Waals surface area contributed by atoms with Crippen molar-refractivity contribution < 1.29 is 9.53 Å². The van der Waals surface area contributed by atoms with Crippen molar-refractivity contribution in [1.82, 2.24) is 19.7 Å². The Bertz CT molecular complexity index is 727. The number of nitrogens with zero attached hydrogens (tertiary/aromatic N) is 4. The quantitative estimate of drug-likeness (QED) is 0.797. The number of amides is 1. The number of aromatic nitrogens is 3. The molecule has 0 aromatic carbocycles. The molecule has 26 heavy (non-hydrogen) atoms. The minimum absolute atomic E-state index is 0.0530. The van der Waals surface area contributed by atoms with Gasteiger partial charge in [-0.15, -0.1) is 0 Å². The standard InChI is InChI=1S/C20H28N4O2/c1-4-24-19(12-18(22-24)15(2)3)20(25)23-11-7-9-17(13-23)26-14-16-8-5-6-10-21-16/h5-6,8,10,12,15,17H,4,7,9,11,13-14H2,1-3H3. The van der Waals surface area contributed by atoms with Crippen LogP contribution < -0.4 is 0 Å². The molecule has 6 heteroatoms. The van der Waals surface area contributed by atoms with Gasteiger partial charge in [-0.1, -0.05) is 19.9 Å². The van der Waals surface area contributed by atoms with Crippen molar-refractivity contribution in [2.75, 3.05) is 13.1 Å². The van der Waals surface area contributed by atoms with Crippen LogP contribution in [-0.2, 0) is 17.9 Å². The van der Waals surface area contributed by atoms with Crippen molar-refractivity contribution in [2.24, 2.45) is 0 Å². The summed E-state index contributed by atoms with van der Waals surface area (Å²) in [6.45, 7) is 8.78. The number of pyridine rings is 1. The van der Waals surface area contributed by atoms with E-state index in [0.717, 1.165) is 30.8 Å². The monoisotopic (exact) mass is 356 g/mol. The number of carbonyl (C=O) groups is 1. The van der Waals surface area contributed by atoms with E-state index < -0.39 is 0 Å². The first-order valence-corrected chi connectivity index (χ1v) is 9.47. The summed E-state index contributed by atoms with van der Waals surface area (Å²) in [4.78, 5) is 19.2. The van der Waals surface area contributed by atoms with Gasteiger partial charge in [-0.2, -0.15) is 5.10 Å². The molecule has 0 radical (unpaired) electrons. The third-order valence-corrected chi connectivity index (χ3v) is 4.77. The highest BCUT2D eigenvalue weighted by Crippen LogP contribution is 2.20. The number of hydrogen-bond donors (Lipinski definition) is 0. The molecular weight excluding hydrogens is 328 g/mol. The summed E-state index contributed by atoms with van der Waals surface area (Å²) in [5.74, 6) is 0.363. The van der Waals surface area contributed by atoms with Gasteiger partial charge in [0.05, 0.1) is 24.1 Å².